The molecule has 0 saturated heterocycles. The monoisotopic (exact) mass is 324 g/mol. The number of amides is 1. The number of hydrogen-bond donors (Lipinski definition) is 2. The molecule has 2 aromatic rings. The maximum Gasteiger partial charge on any atom is 0.241 e. The van der Waals surface area contributed by atoms with Gasteiger partial charge in [-0.3, -0.25) is 10.1 Å². The Balaban J connectivity index is 1.48. The average Bonchev–Trinajstić information content (AvgIpc) is 3.29. The number of rotatable bonds is 6. The van der Waals surface area contributed by atoms with Crippen LogP contribution in [0.4, 0.5) is 0 Å². The van der Waals surface area contributed by atoms with Crippen LogP contribution in [0, 0.1) is 0 Å². The van der Waals surface area contributed by atoms with E-state index in [1.165, 1.54) is 0 Å². The first-order valence-corrected chi connectivity index (χ1v) is 8.27. The van der Waals surface area contributed by atoms with Crippen LogP contribution >= 0.6 is 0 Å². The number of ether oxygens (including phenoxy) is 2. The van der Waals surface area contributed by atoms with Crippen LogP contribution in [0.3, 0.4) is 0 Å². The second-order valence-electron chi connectivity index (χ2n) is 6.20. The van der Waals surface area contributed by atoms with Gasteiger partial charge < -0.3 is 14.8 Å². The largest absolute Gasteiger partial charge is 0.454 e. The number of fused-ring (bicyclic) bond motifs is 1. The summed E-state index contributed by atoms with van der Waals surface area (Å²) in [5.41, 5.74) is 2.02. The molecule has 1 aliphatic heterocycles. The highest BCUT2D eigenvalue weighted by molar-refractivity contribution is 5.83. The van der Waals surface area contributed by atoms with E-state index in [0.717, 1.165) is 35.5 Å². The standard InChI is InChI=1S/C19H20N2O3/c22-19(21-15-7-8-15)18(14-4-2-1-3-5-14)20-11-13-6-9-16-17(10-13)24-12-23-16/h1-6,9-10,15,18,20H,7-8,11-12H2,(H,21,22). The molecule has 1 saturated carbocycles. The third-order valence-corrected chi connectivity index (χ3v) is 4.27. The highest BCUT2D eigenvalue weighted by Gasteiger charge is 2.28. The quantitative estimate of drug-likeness (QED) is 0.857. The smallest absolute Gasteiger partial charge is 0.241 e. The number of hydrogen-bond acceptors (Lipinski definition) is 4. The summed E-state index contributed by atoms with van der Waals surface area (Å²) in [6, 6.07) is 15.6. The third-order valence-electron chi connectivity index (χ3n) is 4.27. The summed E-state index contributed by atoms with van der Waals surface area (Å²) in [6.45, 7) is 0.844. The molecule has 5 nitrogen and oxygen atoms in total. The molecule has 1 amide bonds. The number of nitrogens with one attached hydrogen (secondary N) is 2. The summed E-state index contributed by atoms with van der Waals surface area (Å²) in [6.07, 6.45) is 2.16. The minimum absolute atomic E-state index is 0.0319. The van der Waals surface area contributed by atoms with Crippen molar-refractivity contribution in [1.29, 1.82) is 0 Å². The Morgan fingerprint density at radius 3 is 2.67 bits per heavy atom. The van der Waals surface area contributed by atoms with Crippen LogP contribution in [0.15, 0.2) is 48.5 Å². The normalized spacial score (nSPS) is 16.7. The Bertz CT molecular complexity index is 729. The van der Waals surface area contributed by atoms with Gasteiger partial charge in [0, 0.05) is 12.6 Å². The molecular formula is C19H20N2O3. The topological polar surface area (TPSA) is 59.6 Å². The van der Waals surface area contributed by atoms with E-state index in [9.17, 15) is 4.79 Å². The van der Waals surface area contributed by atoms with Gasteiger partial charge in [0.2, 0.25) is 12.7 Å². The van der Waals surface area contributed by atoms with Crippen LogP contribution in [0.5, 0.6) is 11.5 Å². The van der Waals surface area contributed by atoms with E-state index in [4.69, 9.17) is 9.47 Å². The van der Waals surface area contributed by atoms with Gasteiger partial charge in [0.15, 0.2) is 11.5 Å². The number of carbonyl (C=O) groups excluding carboxylic acids is 1. The van der Waals surface area contributed by atoms with E-state index in [-0.39, 0.29) is 18.7 Å². The van der Waals surface area contributed by atoms with Crippen molar-refractivity contribution in [3.63, 3.8) is 0 Å². The molecule has 0 aromatic heterocycles. The van der Waals surface area contributed by atoms with Gasteiger partial charge in [0.25, 0.3) is 0 Å². The van der Waals surface area contributed by atoms with Crippen molar-refractivity contribution in [2.45, 2.75) is 31.5 Å². The van der Waals surface area contributed by atoms with Crippen LogP contribution < -0.4 is 20.1 Å². The summed E-state index contributed by atoms with van der Waals surface area (Å²) in [5, 5.41) is 6.45. The lowest BCUT2D eigenvalue weighted by Crippen LogP contribution is -2.38. The first kappa shape index (κ1) is 15.0. The zero-order chi connectivity index (χ0) is 16.4. The molecule has 24 heavy (non-hydrogen) atoms. The fourth-order valence-electron chi connectivity index (χ4n) is 2.79. The molecule has 2 aromatic carbocycles. The second kappa shape index (κ2) is 6.53. The Hall–Kier alpha value is -2.53. The molecule has 0 spiro atoms. The first-order chi connectivity index (χ1) is 11.8. The van der Waals surface area contributed by atoms with Gasteiger partial charge in [-0.05, 0) is 36.1 Å². The minimum atomic E-state index is -0.364. The average molecular weight is 324 g/mol. The van der Waals surface area contributed by atoms with Crippen LogP contribution in [-0.4, -0.2) is 18.7 Å². The highest BCUT2D eigenvalue weighted by atomic mass is 16.7. The molecule has 4 rings (SSSR count). The van der Waals surface area contributed by atoms with Gasteiger partial charge in [0.05, 0.1) is 0 Å². The molecule has 2 aliphatic rings. The van der Waals surface area contributed by atoms with E-state index in [1.54, 1.807) is 0 Å². The van der Waals surface area contributed by atoms with Crippen LogP contribution in [0.25, 0.3) is 0 Å². The molecule has 1 aliphatic carbocycles. The zero-order valence-electron chi connectivity index (χ0n) is 13.3. The number of benzene rings is 2. The molecule has 0 bridgehead atoms. The van der Waals surface area contributed by atoms with Crippen molar-refractivity contribution < 1.29 is 14.3 Å². The molecule has 2 N–H and O–H groups in total. The zero-order valence-corrected chi connectivity index (χ0v) is 13.3. The molecule has 1 fully saturated rings. The van der Waals surface area contributed by atoms with Crippen molar-refractivity contribution in [3.8, 4) is 11.5 Å². The van der Waals surface area contributed by atoms with E-state index in [2.05, 4.69) is 10.6 Å². The SMILES string of the molecule is O=C(NC1CC1)C(NCc1ccc2c(c1)OCO2)c1ccccc1. The molecule has 5 heteroatoms. The first-order valence-electron chi connectivity index (χ1n) is 8.27. The van der Waals surface area contributed by atoms with E-state index < -0.39 is 0 Å². The molecule has 1 atom stereocenters. The Morgan fingerprint density at radius 1 is 1.08 bits per heavy atom. The van der Waals surface area contributed by atoms with Gasteiger partial charge >= 0.3 is 0 Å². The summed E-state index contributed by atoms with van der Waals surface area (Å²) in [7, 11) is 0. The van der Waals surface area contributed by atoms with E-state index in [0.29, 0.717) is 12.6 Å². The fourth-order valence-corrected chi connectivity index (χ4v) is 2.79. The van der Waals surface area contributed by atoms with Crippen molar-refractivity contribution >= 4 is 5.91 Å². The Kier molecular flexibility index (Phi) is 4.09. The second-order valence-corrected chi connectivity index (χ2v) is 6.20. The molecule has 1 unspecified atom stereocenters. The maximum atomic E-state index is 12.6. The van der Waals surface area contributed by atoms with Crippen molar-refractivity contribution in [2.24, 2.45) is 0 Å². The summed E-state index contributed by atoms with van der Waals surface area (Å²) >= 11 is 0. The van der Waals surface area contributed by atoms with Crippen molar-refractivity contribution in [3.05, 3.63) is 59.7 Å². The van der Waals surface area contributed by atoms with E-state index >= 15 is 0 Å². The Morgan fingerprint density at radius 2 is 1.88 bits per heavy atom. The molecular weight excluding hydrogens is 304 g/mol. The lowest BCUT2D eigenvalue weighted by atomic mass is 10.1. The van der Waals surface area contributed by atoms with Gasteiger partial charge in [-0.25, -0.2) is 0 Å². The lowest BCUT2D eigenvalue weighted by Gasteiger charge is -2.19. The van der Waals surface area contributed by atoms with Gasteiger partial charge in [-0.15, -0.1) is 0 Å². The molecule has 1 heterocycles. The van der Waals surface area contributed by atoms with Gasteiger partial charge in [0.1, 0.15) is 6.04 Å². The van der Waals surface area contributed by atoms with Crippen LogP contribution in [0.2, 0.25) is 0 Å². The highest BCUT2D eigenvalue weighted by Crippen LogP contribution is 2.32. The van der Waals surface area contributed by atoms with Gasteiger partial charge in [-0.2, -0.15) is 0 Å². The Labute approximate surface area is 141 Å². The lowest BCUT2D eigenvalue weighted by molar-refractivity contribution is -0.123. The van der Waals surface area contributed by atoms with E-state index in [1.807, 2.05) is 48.5 Å². The van der Waals surface area contributed by atoms with Crippen LogP contribution in [0.1, 0.15) is 30.0 Å². The summed E-state index contributed by atoms with van der Waals surface area (Å²) in [5.74, 6) is 1.56. The molecule has 0 radical (unpaired) electrons. The van der Waals surface area contributed by atoms with Crippen molar-refractivity contribution in [2.75, 3.05) is 6.79 Å². The minimum Gasteiger partial charge on any atom is -0.454 e. The van der Waals surface area contributed by atoms with Crippen LogP contribution in [-0.2, 0) is 11.3 Å². The predicted octanol–water partition coefficient (Wildman–Crippen LogP) is 2.52. The summed E-state index contributed by atoms with van der Waals surface area (Å²) < 4.78 is 10.7. The predicted molar refractivity (Wildman–Crippen MR) is 89.8 cm³/mol. The summed E-state index contributed by atoms with van der Waals surface area (Å²) in [4.78, 5) is 12.6. The third kappa shape index (κ3) is 3.36. The molecule has 124 valence electrons. The van der Waals surface area contributed by atoms with Gasteiger partial charge in [-0.1, -0.05) is 36.4 Å². The fraction of sp³-hybridized carbons (Fsp3) is 0.316. The van der Waals surface area contributed by atoms with Crippen molar-refractivity contribution in [1.82, 2.24) is 10.6 Å². The maximum absolute atomic E-state index is 12.6. The number of carbonyl (C=O) groups is 1.